The third kappa shape index (κ3) is 10.8. The minimum absolute atomic E-state index is 0.00541. The third-order valence-electron chi connectivity index (χ3n) is 6.57. The zero-order valence-corrected chi connectivity index (χ0v) is 25.0. The fourth-order valence-corrected chi connectivity index (χ4v) is 4.46. The van der Waals surface area contributed by atoms with Crippen LogP contribution in [0.15, 0.2) is 77.8 Å². The van der Waals surface area contributed by atoms with E-state index in [9.17, 15) is 14.7 Å². The van der Waals surface area contributed by atoms with Crippen LogP contribution in [0.5, 0.6) is 5.88 Å². The second-order valence-corrected chi connectivity index (χ2v) is 9.74. The summed E-state index contributed by atoms with van der Waals surface area (Å²) in [6.45, 7) is 4.80. The van der Waals surface area contributed by atoms with Gasteiger partial charge in [0.05, 0.1) is 68.7 Å². The van der Waals surface area contributed by atoms with Gasteiger partial charge in [-0.15, -0.1) is 0 Å². The van der Waals surface area contributed by atoms with E-state index in [0.29, 0.717) is 94.3 Å². The lowest BCUT2D eigenvalue weighted by atomic mass is 10.00. The molecule has 0 spiro atoms. The highest BCUT2D eigenvalue weighted by Crippen LogP contribution is 2.32. The molecule has 0 aliphatic rings. The molecule has 10 heteroatoms. The van der Waals surface area contributed by atoms with Gasteiger partial charge in [0, 0.05) is 29.6 Å². The summed E-state index contributed by atoms with van der Waals surface area (Å²) < 4.78 is 21.4. The number of benzene rings is 3. The molecule has 0 aliphatic carbocycles. The number of carbonyl (C=O) groups excluding carboxylic acids is 2. The Bertz CT molecular complexity index is 1590. The smallest absolute Gasteiger partial charge is 0.199 e. The fraction of sp³-hybridized carbons (Fsp3) is 0.286. The molecule has 0 radical (unpaired) electrons. The number of aldehydes is 2. The van der Waals surface area contributed by atoms with Crippen LogP contribution in [0.4, 0.5) is 5.69 Å². The number of fused-ring (bicyclic) bond motifs is 1. The lowest BCUT2D eigenvalue weighted by Crippen LogP contribution is -2.20. The molecule has 4 aromatic rings. The monoisotopic (exact) mass is 611 g/mol. The Balaban J connectivity index is 1.27. The average Bonchev–Trinajstić information content (AvgIpc) is 3.40. The van der Waals surface area contributed by atoms with Crippen LogP contribution < -0.4 is 5.32 Å². The Morgan fingerprint density at radius 3 is 2.22 bits per heavy atom. The van der Waals surface area contributed by atoms with Crippen molar-refractivity contribution in [3.05, 3.63) is 95.1 Å². The van der Waals surface area contributed by atoms with E-state index in [4.69, 9.17) is 23.9 Å². The van der Waals surface area contributed by atoms with Gasteiger partial charge in [-0.3, -0.25) is 4.79 Å². The molecular formula is C35H37N3O7. The molecule has 10 nitrogen and oxygen atoms in total. The third-order valence-corrected chi connectivity index (χ3v) is 6.57. The molecule has 234 valence electrons. The number of aromatic amines is 1. The highest BCUT2D eigenvalue weighted by atomic mass is 16.6. The highest BCUT2D eigenvalue weighted by Gasteiger charge is 2.18. The molecule has 3 N–H and O–H groups in total. The number of aliphatic imine (C=N–C) groups is 1. The van der Waals surface area contributed by atoms with E-state index in [1.54, 1.807) is 6.07 Å². The number of carbonyl (C=O) groups is 2. The first-order valence-corrected chi connectivity index (χ1v) is 14.7. The molecular weight excluding hydrogens is 574 g/mol. The van der Waals surface area contributed by atoms with Crippen molar-refractivity contribution in [2.24, 2.45) is 4.99 Å². The molecule has 0 atom stereocenters. The Hall–Kier alpha value is -4.63. The van der Waals surface area contributed by atoms with Crippen molar-refractivity contribution in [1.82, 2.24) is 10.3 Å². The molecule has 0 amide bonds. The molecule has 0 fully saturated rings. The molecule has 0 bridgehead atoms. The maximum Gasteiger partial charge on any atom is 0.199 e. The maximum atomic E-state index is 10.9. The van der Waals surface area contributed by atoms with Crippen molar-refractivity contribution < 1.29 is 33.6 Å². The summed E-state index contributed by atoms with van der Waals surface area (Å²) in [4.78, 5) is 28.8. The Morgan fingerprint density at radius 1 is 0.844 bits per heavy atom. The van der Waals surface area contributed by atoms with Gasteiger partial charge in [-0.05, 0) is 35.7 Å². The molecule has 1 heterocycles. The fourth-order valence-electron chi connectivity index (χ4n) is 4.46. The van der Waals surface area contributed by atoms with Gasteiger partial charge in [0.2, 0.25) is 0 Å². The number of aromatic hydroxyl groups is 1. The van der Waals surface area contributed by atoms with Crippen LogP contribution in [0.25, 0.3) is 10.9 Å². The maximum absolute atomic E-state index is 10.9. The van der Waals surface area contributed by atoms with Gasteiger partial charge in [0.25, 0.3) is 0 Å². The topological polar surface area (TPSA) is 131 Å². The van der Waals surface area contributed by atoms with Gasteiger partial charge < -0.3 is 39.1 Å². The number of aromatic nitrogens is 1. The second-order valence-electron chi connectivity index (χ2n) is 9.74. The zero-order chi connectivity index (χ0) is 31.5. The van der Waals surface area contributed by atoms with Crippen LogP contribution in [-0.2, 0) is 35.1 Å². The van der Waals surface area contributed by atoms with E-state index in [2.05, 4.69) is 22.1 Å². The standard InChI is InChI=1S/C35H37N3O7/c39-15-4-5-27-10-13-31-32(25-27)38-35(41)33(31)34(29-6-2-1-3-7-29)37-30-11-8-28(9-12-30)26-36-14-17-42-19-21-44-23-24-45-22-20-43-18-16-40/h1-3,6-13,15-16,25,36,38,41H,14,17-24,26H2. The molecule has 45 heavy (non-hydrogen) atoms. The average molecular weight is 612 g/mol. The van der Waals surface area contributed by atoms with Crippen molar-refractivity contribution in [2.45, 2.75) is 6.54 Å². The minimum atomic E-state index is 0.00541. The van der Waals surface area contributed by atoms with E-state index in [1.807, 2.05) is 66.7 Å². The van der Waals surface area contributed by atoms with E-state index in [0.717, 1.165) is 22.2 Å². The summed E-state index contributed by atoms with van der Waals surface area (Å²) in [6.07, 6.45) is 1.26. The Kier molecular flexibility index (Phi) is 14.0. The van der Waals surface area contributed by atoms with Gasteiger partial charge in [0.15, 0.2) is 12.2 Å². The summed E-state index contributed by atoms with van der Waals surface area (Å²) in [5, 5.41) is 15.1. The van der Waals surface area contributed by atoms with Gasteiger partial charge in [-0.1, -0.05) is 54.5 Å². The number of hydrogen-bond acceptors (Lipinski definition) is 9. The van der Waals surface area contributed by atoms with E-state index in [-0.39, 0.29) is 12.5 Å². The van der Waals surface area contributed by atoms with Crippen molar-refractivity contribution >= 4 is 34.9 Å². The van der Waals surface area contributed by atoms with Gasteiger partial charge >= 0.3 is 0 Å². The van der Waals surface area contributed by atoms with Crippen LogP contribution in [0.1, 0.15) is 22.3 Å². The van der Waals surface area contributed by atoms with E-state index < -0.39 is 0 Å². The lowest BCUT2D eigenvalue weighted by Gasteiger charge is -2.09. The largest absolute Gasteiger partial charge is 0.494 e. The number of nitrogens with one attached hydrogen (secondary N) is 2. The summed E-state index contributed by atoms with van der Waals surface area (Å²) in [5.74, 6) is 5.21. The van der Waals surface area contributed by atoms with Gasteiger partial charge in [-0.25, -0.2) is 4.99 Å². The molecule has 0 aliphatic heterocycles. The normalized spacial score (nSPS) is 11.3. The minimum Gasteiger partial charge on any atom is -0.494 e. The summed E-state index contributed by atoms with van der Waals surface area (Å²) in [6, 6.07) is 23.2. The zero-order valence-electron chi connectivity index (χ0n) is 25.0. The first-order valence-electron chi connectivity index (χ1n) is 14.7. The SMILES string of the molecule is O=CC#Cc1ccc2c(C(=Nc3ccc(CNCCOCCOCCOCCOCC=O)cc3)c3ccccc3)c(O)[nH]c2c1. The van der Waals surface area contributed by atoms with Gasteiger partial charge in [0.1, 0.15) is 12.9 Å². The predicted octanol–water partition coefficient (Wildman–Crippen LogP) is 3.95. The van der Waals surface area contributed by atoms with Crippen LogP contribution >= 0.6 is 0 Å². The van der Waals surface area contributed by atoms with E-state index >= 15 is 0 Å². The molecule has 3 aromatic carbocycles. The van der Waals surface area contributed by atoms with Gasteiger partial charge in [-0.2, -0.15) is 0 Å². The predicted molar refractivity (Wildman–Crippen MR) is 172 cm³/mol. The van der Waals surface area contributed by atoms with Crippen LogP contribution in [-0.4, -0.2) is 87.8 Å². The molecule has 4 rings (SSSR count). The summed E-state index contributed by atoms with van der Waals surface area (Å²) in [7, 11) is 0. The van der Waals surface area contributed by atoms with Crippen LogP contribution in [0, 0.1) is 11.8 Å². The van der Waals surface area contributed by atoms with Crippen LogP contribution in [0.2, 0.25) is 0 Å². The van der Waals surface area contributed by atoms with Crippen LogP contribution in [0.3, 0.4) is 0 Å². The van der Waals surface area contributed by atoms with Crippen molar-refractivity contribution in [1.29, 1.82) is 0 Å². The second kappa shape index (κ2) is 18.9. The summed E-state index contributed by atoms with van der Waals surface area (Å²) >= 11 is 0. The van der Waals surface area contributed by atoms with E-state index in [1.165, 1.54) is 0 Å². The number of nitrogens with zero attached hydrogens (tertiary/aromatic N) is 1. The highest BCUT2D eigenvalue weighted by molar-refractivity contribution is 6.22. The first kappa shape index (κ1) is 33.3. The quantitative estimate of drug-likeness (QED) is 0.0629. The number of rotatable bonds is 19. The number of hydrogen-bond donors (Lipinski definition) is 3. The lowest BCUT2D eigenvalue weighted by molar-refractivity contribution is -0.112. The molecule has 0 unspecified atom stereocenters. The number of H-pyrrole nitrogens is 1. The number of ether oxygens (including phenoxy) is 4. The molecule has 1 aromatic heterocycles. The molecule has 0 saturated carbocycles. The Morgan fingerprint density at radius 2 is 1.53 bits per heavy atom. The Labute approximate surface area is 262 Å². The van der Waals surface area contributed by atoms with Crippen molar-refractivity contribution in [3.63, 3.8) is 0 Å². The molecule has 0 saturated heterocycles. The first-order chi connectivity index (χ1) is 22.2. The van der Waals surface area contributed by atoms with Crippen molar-refractivity contribution in [3.8, 4) is 17.7 Å². The summed E-state index contributed by atoms with van der Waals surface area (Å²) in [5.41, 5.74) is 5.30. The van der Waals surface area contributed by atoms with Crippen molar-refractivity contribution in [2.75, 3.05) is 59.4 Å².